The Morgan fingerprint density at radius 3 is 1.80 bits per heavy atom. The molecule has 2 rings (SSSR count). The number of aliphatic carboxylic acids is 1. The van der Waals surface area contributed by atoms with Crippen molar-refractivity contribution in [2.24, 2.45) is 17.6 Å². The highest BCUT2D eigenvalue weighted by Crippen LogP contribution is 2.14. The second kappa shape index (κ2) is 15.6. The van der Waals surface area contributed by atoms with Gasteiger partial charge >= 0.3 is 5.97 Å². The van der Waals surface area contributed by atoms with E-state index < -0.39 is 47.9 Å². The van der Waals surface area contributed by atoms with Gasteiger partial charge in [0.15, 0.2) is 0 Å². The lowest BCUT2D eigenvalue weighted by Gasteiger charge is -2.29. The molecule has 3 amide bonds. The third-order valence-corrected chi connectivity index (χ3v) is 7.26. The van der Waals surface area contributed by atoms with Crippen LogP contribution in [0.25, 0.3) is 0 Å². The molecule has 7 N–H and O–H groups in total. The van der Waals surface area contributed by atoms with E-state index in [1.165, 1.54) is 12.1 Å². The van der Waals surface area contributed by atoms with Gasteiger partial charge in [-0.25, -0.2) is 4.79 Å². The molecule has 0 spiro atoms. The lowest BCUT2D eigenvalue weighted by molar-refractivity contribution is -0.142. The predicted octanol–water partition coefficient (Wildman–Crippen LogP) is 2.14. The second-order valence-corrected chi connectivity index (χ2v) is 10.3. The number of aromatic hydroxyl groups is 1. The highest BCUT2D eigenvalue weighted by molar-refractivity contribution is 5.94. The largest absolute Gasteiger partial charge is 0.508 e. The third-order valence-electron chi connectivity index (χ3n) is 7.26. The summed E-state index contributed by atoms with van der Waals surface area (Å²) in [5.41, 5.74) is 7.45. The summed E-state index contributed by atoms with van der Waals surface area (Å²) in [5, 5.41) is 27.5. The van der Waals surface area contributed by atoms with Crippen LogP contribution < -0.4 is 21.7 Å². The van der Waals surface area contributed by atoms with E-state index in [2.05, 4.69) is 16.0 Å². The number of hydrogen-bond acceptors (Lipinski definition) is 6. The average molecular weight is 555 g/mol. The van der Waals surface area contributed by atoms with E-state index in [1.54, 1.807) is 36.4 Å². The van der Waals surface area contributed by atoms with Crippen molar-refractivity contribution in [1.82, 2.24) is 16.0 Å². The van der Waals surface area contributed by atoms with Gasteiger partial charge in [0.1, 0.15) is 23.9 Å². The van der Waals surface area contributed by atoms with Gasteiger partial charge in [0.05, 0.1) is 6.04 Å². The number of benzene rings is 2. The van der Waals surface area contributed by atoms with Crippen molar-refractivity contribution in [2.45, 2.75) is 77.5 Å². The zero-order valence-electron chi connectivity index (χ0n) is 23.6. The van der Waals surface area contributed by atoms with Gasteiger partial charge in [-0.15, -0.1) is 0 Å². The number of phenolic OH excluding ortho intramolecular Hbond substituents is 1. The molecule has 10 nitrogen and oxygen atoms in total. The number of carboxylic acids is 1. The van der Waals surface area contributed by atoms with Gasteiger partial charge in [-0.1, -0.05) is 83.0 Å². The summed E-state index contributed by atoms with van der Waals surface area (Å²) in [6.07, 6.45) is 1.35. The number of hydrogen-bond donors (Lipinski definition) is 6. The molecule has 0 radical (unpaired) electrons. The van der Waals surface area contributed by atoms with Crippen molar-refractivity contribution < 1.29 is 29.4 Å². The SMILES string of the molecule is CCC(C)C(N)C(=O)NC(C(=O)NC(Cc1ccc(O)cc1)C(=O)NC(Cc1ccccc1)C(=O)O)C(C)CC. The molecule has 6 unspecified atom stereocenters. The highest BCUT2D eigenvalue weighted by Gasteiger charge is 2.33. The summed E-state index contributed by atoms with van der Waals surface area (Å²) in [6, 6.07) is 10.9. The van der Waals surface area contributed by atoms with Gasteiger partial charge < -0.3 is 31.9 Å². The molecule has 0 bridgehead atoms. The number of carboxylic acid groups (broad SMARTS) is 1. The molecule has 40 heavy (non-hydrogen) atoms. The molecule has 6 atom stereocenters. The molecule has 0 aromatic heterocycles. The van der Waals surface area contributed by atoms with Crippen LogP contribution in [0.5, 0.6) is 5.75 Å². The van der Waals surface area contributed by atoms with Crippen LogP contribution in [0.3, 0.4) is 0 Å². The van der Waals surface area contributed by atoms with Crippen LogP contribution in [0.2, 0.25) is 0 Å². The van der Waals surface area contributed by atoms with Crippen LogP contribution in [0.4, 0.5) is 0 Å². The normalized spacial score (nSPS) is 15.5. The van der Waals surface area contributed by atoms with Gasteiger partial charge in [0, 0.05) is 12.8 Å². The monoisotopic (exact) mass is 554 g/mol. The number of rotatable bonds is 15. The van der Waals surface area contributed by atoms with E-state index in [0.717, 1.165) is 5.56 Å². The fourth-order valence-electron chi connectivity index (χ4n) is 4.12. The highest BCUT2D eigenvalue weighted by atomic mass is 16.4. The molecule has 2 aromatic rings. The number of phenols is 1. The topological polar surface area (TPSA) is 171 Å². The van der Waals surface area contributed by atoms with Crippen molar-refractivity contribution in [2.75, 3.05) is 0 Å². The number of amides is 3. The van der Waals surface area contributed by atoms with Gasteiger partial charge in [0.25, 0.3) is 0 Å². The van der Waals surface area contributed by atoms with Crippen molar-refractivity contribution in [3.63, 3.8) is 0 Å². The molecular weight excluding hydrogens is 512 g/mol. The maximum atomic E-state index is 13.5. The Hall–Kier alpha value is -3.92. The molecule has 10 heteroatoms. The fourth-order valence-corrected chi connectivity index (χ4v) is 4.12. The minimum atomic E-state index is -1.23. The van der Waals surface area contributed by atoms with Gasteiger partial charge in [-0.2, -0.15) is 0 Å². The lowest BCUT2D eigenvalue weighted by Crippen LogP contribution is -2.59. The van der Waals surface area contributed by atoms with Crippen molar-refractivity contribution >= 4 is 23.7 Å². The quantitative estimate of drug-likeness (QED) is 0.196. The van der Waals surface area contributed by atoms with Gasteiger partial charge in [-0.05, 0) is 35.1 Å². The molecule has 0 aliphatic carbocycles. The first-order chi connectivity index (χ1) is 19.0. The Bertz CT molecular complexity index is 1120. The van der Waals surface area contributed by atoms with E-state index in [-0.39, 0.29) is 30.4 Å². The molecule has 0 fully saturated rings. The molecule has 0 aliphatic heterocycles. The number of carbonyl (C=O) groups is 4. The Balaban J connectivity index is 2.29. The van der Waals surface area contributed by atoms with Gasteiger partial charge in [0.2, 0.25) is 17.7 Å². The van der Waals surface area contributed by atoms with Crippen LogP contribution >= 0.6 is 0 Å². The molecule has 0 saturated carbocycles. The molecule has 0 aliphatic rings. The number of nitrogens with one attached hydrogen (secondary N) is 3. The van der Waals surface area contributed by atoms with E-state index in [1.807, 2.05) is 33.8 Å². The van der Waals surface area contributed by atoms with E-state index >= 15 is 0 Å². The standard InChI is InChI=1S/C30H42N4O6/c1-5-18(3)25(31)28(37)34-26(19(4)6-2)29(38)32-23(16-21-12-14-22(35)15-13-21)27(36)33-24(30(39)40)17-20-10-8-7-9-11-20/h7-15,18-19,23-26,35H,5-6,16-17,31H2,1-4H3,(H,32,38)(H,33,36)(H,34,37)(H,39,40). The Kier molecular flexibility index (Phi) is 12.6. The van der Waals surface area contributed by atoms with Crippen molar-refractivity contribution in [3.8, 4) is 5.75 Å². The summed E-state index contributed by atoms with van der Waals surface area (Å²) in [4.78, 5) is 51.8. The van der Waals surface area contributed by atoms with Crippen LogP contribution in [0, 0.1) is 11.8 Å². The molecule has 2 aromatic carbocycles. The predicted molar refractivity (Wildman–Crippen MR) is 152 cm³/mol. The maximum Gasteiger partial charge on any atom is 0.326 e. The third kappa shape index (κ3) is 9.68. The van der Waals surface area contributed by atoms with E-state index in [0.29, 0.717) is 18.4 Å². The number of nitrogens with two attached hydrogens (primary N) is 1. The minimum Gasteiger partial charge on any atom is -0.508 e. The van der Waals surface area contributed by atoms with Crippen LogP contribution in [-0.4, -0.2) is 58.1 Å². The summed E-state index contributed by atoms with van der Waals surface area (Å²) in [6.45, 7) is 7.47. The molecule has 0 heterocycles. The van der Waals surface area contributed by atoms with Crippen molar-refractivity contribution in [1.29, 1.82) is 0 Å². The van der Waals surface area contributed by atoms with Gasteiger partial charge in [-0.3, -0.25) is 14.4 Å². The average Bonchev–Trinajstić information content (AvgIpc) is 2.95. The first kappa shape index (κ1) is 32.3. The first-order valence-electron chi connectivity index (χ1n) is 13.7. The summed E-state index contributed by atoms with van der Waals surface area (Å²) in [7, 11) is 0. The Morgan fingerprint density at radius 1 is 0.725 bits per heavy atom. The maximum absolute atomic E-state index is 13.5. The minimum absolute atomic E-state index is 0.0308. The molecule has 0 saturated heterocycles. The summed E-state index contributed by atoms with van der Waals surface area (Å²) in [5.74, 6) is -3.25. The molecular formula is C30H42N4O6. The lowest BCUT2D eigenvalue weighted by atomic mass is 9.95. The second-order valence-electron chi connectivity index (χ2n) is 10.3. The first-order valence-corrected chi connectivity index (χ1v) is 13.7. The van der Waals surface area contributed by atoms with Crippen molar-refractivity contribution in [3.05, 3.63) is 65.7 Å². The smallest absolute Gasteiger partial charge is 0.326 e. The van der Waals surface area contributed by atoms with E-state index in [9.17, 15) is 29.4 Å². The van der Waals surface area contributed by atoms with Crippen LogP contribution in [0.1, 0.15) is 51.7 Å². The zero-order valence-corrected chi connectivity index (χ0v) is 23.6. The van der Waals surface area contributed by atoms with Crippen LogP contribution in [-0.2, 0) is 32.0 Å². The fraction of sp³-hybridized carbons (Fsp3) is 0.467. The van der Waals surface area contributed by atoms with E-state index in [4.69, 9.17) is 5.73 Å². The number of carbonyl (C=O) groups excluding carboxylic acids is 3. The molecule has 218 valence electrons. The Labute approximate surface area is 235 Å². The zero-order chi connectivity index (χ0) is 29.8. The Morgan fingerprint density at radius 2 is 1.25 bits per heavy atom. The summed E-state index contributed by atoms with van der Waals surface area (Å²) < 4.78 is 0. The summed E-state index contributed by atoms with van der Waals surface area (Å²) >= 11 is 0. The van der Waals surface area contributed by atoms with Crippen LogP contribution in [0.15, 0.2) is 54.6 Å².